The van der Waals surface area contributed by atoms with E-state index in [1.54, 1.807) is 12.3 Å². The number of hydrogen-bond donors (Lipinski definition) is 1. The maximum absolute atomic E-state index is 12.8. The van der Waals surface area contributed by atoms with E-state index < -0.39 is 11.7 Å². The Morgan fingerprint density at radius 2 is 1.60 bits per heavy atom. The van der Waals surface area contributed by atoms with Crippen LogP contribution in [-0.2, 0) is 6.18 Å². The highest BCUT2D eigenvalue weighted by atomic mass is 19.4. The zero-order chi connectivity index (χ0) is 17.4. The maximum Gasteiger partial charge on any atom is 0.416 e. The summed E-state index contributed by atoms with van der Waals surface area (Å²) in [5.74, 6) is 0.608. The highest BCUT2D eigenvalue weighted by molar-refractivity contribution is 6.18. The van der Waals surface area contributed by atoms with Crippen molar-refractivity contribution in [1.29, 1.82) is 0 Å². The van der Waals surface area contributed by atoms with Gasteiger partial charge in [0.05, 0.1) is 11.3 Å². The molecule has 25 heavy (non-hydrogen) atoms. The fourth-order valence-electron chi connectivity index (χ4n) is 2.73. The van der Waals surface area contributed by atoms with Crippen molar-refractivity contribution in [2.45, 2.75) is 6.18 Å². The van der Waals surface area contributed by atoms with Crippen molar-refractivity contribution >= 4 is 22.9 Å². The lowest BCUT2D eigenvalue weighted by molar-refractivity contribution is -0.137. The number of aromatic nitrogens is 1. The molecule has 0 saturated heterocycles. The number of benzene rings is 2. The topological polar surface area (TPSA) is 37.3 Å². The number of rotatable bonds is 1. The minimum atomic E-state index is -4.36. The van der Waals surface area contributed by atoms with Gasteiger partial charge in [-0.1, -0.05) is 30.3 Å². The van der Waals surface area contributed by atoms with E-state index in [1.807, 2.05) is 30.3 Å². The third-order valence-corrected chi connectivity index (χ3v) is 3.94. The molecule has 4 rings (SSSR count). The van der Waals surface area contributed by atoms with Crippen LogP contribution in [0.5, 0.6) is 0 Å². The Kier molecular flexibility index (Phi) is 3.53. The van der Waals surface area contributed by atoms with Gasteiger partial charge < -0.3 is 5.32 Å². The molecule has 0 atom stereocenters. The number of aliphatic imine (C=N–C) groups is 1. The summed E-state index contributed by atoms with van der Waals surface area (Å²) in [6, 6.07) is 16.1. The van der Waals surface area contributed by atoms with Gasteiger partial charge in [0.1, 0.15) is 5.69 Å². The van der Waals surface area contributed by atoms with Crippen LogP contribution in [0.2, 0.25) is 0 Å². The van der Waals surface area contributed by atoms with Crippen LogP contribution in [0.15, 0.2) is 71.9 Å². The Hall–Kier alpha value is -3.15. The summed E-state index contributed by atoms with van der Waals surface area (Å²) in [5.41, 5.74) is 2.77. The first kappa shape index (κ1) is 15.4. The van der Waals surface area contributed by atoms with E-state index in [9.17, 15) is 13.2 Å². The Morgan fingerprint density at radius 1 is 0.840 bits per heavy atom. The summed E-state index contributed by atoms with van der Waals surface area (Å²) in [4.78, 5) is 8.94. The zero-order valence-corrected chi connectivity index (χ0v) is 12.9. The molecular weight excluding hydrogens is 327 g/mol. The maximum atomic E-state index is 12.8. The molecule has 0 aliphatic carbocycles. The number of nitrogens with one attached hydrogen (secondary N) is 1. The predicted octanol–water partition coefficient (Wildman–Crippen LogP) is 5.33. The third kappa shape index (κ3) is 2.87. The van der Waals surface area contributed by atoms with E-state index in [0.717, 1.165) is 23.4 Å². The SMILES string of the molecule is FC(F)(F)c1ccc(C2=Nc3cccnc3Nc3ccccc32)cc1. The monoisotopic (exact) mass is 339 g/mol. The summed E-state index contributed by atoms with van der Waals surface area (Å²) in [6.45, 7) is 0. The lowest BCUT2D eigenvalue weighted by Gasteiger charge is -2.11. The number of para-hydroxylation sites is 1. The Balaban J connectivity index is 1.88. The van der Waals surface area contributed by atoms with Gasteiger partial charge in [0.15, 0.2) is 5.82 Å². The standard InChI is InChI=1S/C19H12F3N3/c20-19(21,22)13-9-7-12(8-10-13)17-14-4-1-2-5-15(14)25-18-16(24-17)6-3-11-23-18/h1-11H,(H,23,25). The van der Waals surface area contributed by atoms with Crippen molar-refractivity contribution in [2.24, 2.45) is 4.99 Å². The molecule has 0 fully saturated rings. The highest BCUT2D eigenvalue weighted by Crippen LogP contribution is 2.35. The first-order valence-corrected chi connectivity index (χ1v) is 7.60. The van der Waals surface area contributed by atoms with E-state index in [1.165, 1.54) is 12.1 Å². The summed E-state index contributed by atoms with van der Waals surface area (Å²) in [5, 5.41) is 3.23. The molecule has 0 amide bonds. The van der Waals surface area contributed by atoms with Crippen LogP contribution < -0.4 is 5.32 Å². The number of anilines is 2. The minimum absolute atomic E-state index is 0.601. The zero-order valence-electron chi connectivity index (χ0n) is 12.9. The van der Waals surface area contributed by atoms with Crippen molar-refractivity contribution < 1.29 is 13.2 Å². The molecule has 0 spiro atoms. The third-order valence-electron chi connectivity index (χ3n) is 3.94. The first-order chi connectivity index (χ1) is 12.0. The summed E-state index contributed by atoms with van der Waals surface area (Å²) >= 11 is 0. The molecule has 124 valence electrons. The second-order valence-corrected chi connectivity index (χ2v) is 5.58. The van der Waals surface area contributed by atoms with Gasteiger partial charge in [-0.15, -0.1) is 0 Å². The Bertz CT molecular complexity index is 960. The van der Waals surface area contributed by atoms with Crippen molar-refractivity contribution in [3.05, 3.63) is 83.6 Å². The van der Waals surface area contributed by atoms with Crippen LogP contribution in [-0.4, -0.2) is 10.7 Å². The first-order valence-electron chi connectivity index (χ1n) is 7.60. The van der Waals surface area contributed by atoms with Crippen LogP contribution in [0.4, 0.5) is 30.4 Å². The quantitative estimate of drug-likeness (QED) is 0.509. The van der Waals surface area contributed by atoms with Crippen LogP contribution in [0.3, 0.4) is 0 Å². The van der Waals surface area contributed by atoms with Gasteiger partial charge in [-0.2, -0.15) is 13.2 Å². The van der Waals surface area contributed by atoms with Crippen molar-refractivity contribution in [3.63, 3.8) is 0 Å². The lowest BCUT2D eigenvalue weighted by atomic mass is 9.99. The molecule has 3 aromatic rings. The van der Waals surface area contributed by atoms with Crippen LogP contribution in [0.1, 0.15) is 16.7 Å². The van der Waals surface area contributed by atoms with Gasteiger partial charge in [0.2, 0.25) is 0 Å². The molecule has 0 saturated carbocycles. The van der Waals surface area contributed by atoms with Crippen LogP contribution in [0, 0.1) is 0 Å². The fraction of sp³-hybridized carbons (Fsp3) is 0.0526. The number of alkyl halides is 3. The molecule has 2 aromatic carbocycles. The van der Waals surface area contributed by atoms with Gasteiger partial charge in [0.25, 0.3) is 0 Å². The molecule has 0 unspecified atom stereocenters. The smallest absolute Gasteiger partial charge is 0.338 e. The van der Waals surface area contributed by atoms with Gasteiger partial charge in [-0.25, -0.2) is 9.98 Å². The molecule has 1 aromatic heterocycles. The normalized spacial score (nSPS) is 13.2. The average Bonchev–Trinajstić information content (AvgIpc) is 2.77. The van der Waals surface area contributed by atoms with Crippen LogP contribution in [0.25, 0.3) is 0 Å². The molecule has 1 N–H and O–H groups in total. The van der Waals surface area contributed by atoms with Gasteiger partial charge in [-0.3, -0.25) is 0 Å². The molecular formula is C19H12F3N3. The molecule has 0 radical (unpaired) electrons. The van der Waals surface area contributed by atoms with Gasteiger partial charge in [-0.05, 0) is 30.3 Å². The summed E-state index contributed by atoms with van der Waals surface area (Å²) in [6.07, 6.45) is -2.70. The van der Waals surface area contributed by atoms with Gasteiger partial charge in [0, 0.05) is 23.0 Å². The number of fused-ring (bicyclic) bond motifs is 2. The molecule has 6 heteroatoms. The number of halogens is 3. The van der Waals surface area contributed by atoms with E-state index in [-0.39, 0.29) is 0 Å². The van der Waals surface area contributed by atoms with Crippen molar-refractivity contribution in [3.8, 4) is 0 Å². The molecule has 3 nitrogen and oxygen atoms in total. The van der Waals surface area contributed by atoms with Gasteiger partial charge >= 0.3 is 6.18 Å². The van der Waals surface area contributed by atoms with Crippen molar-refractivity contribution in [1.82, 2.24) is 4.98 Å². The van der Waals surface area contributed by atoms with Crippen LogP contribution >= 0.6 is 0 Å². The average molecular weight is 339 g/mol. The fourth-order valence-corrected chi connectivity index (χ4v) is 2.73. The summed E-state index contributed by atoms with van der Waals surface area (Å²) in [7, 11) is 0. The number of nitrogens with zero attached hydrogens (tertiary/aromatic N) is 2. The van der Waals surface area contributed by atoms with E-state index in [4.69, 9.17) is 0 Å². The number of hydrogen-bond acceptors (Lipinski definition) is 3. The molecule has 1 aliphatic heterocycles. The molecule has 2 heterocycles. The highest BCUT2D eigenvalue weighted by Gasteiger charge is 2.30. The van der Waals surface area contributed by atoms with Crippen molar-refractivity contribution in [2.75, 3.05) is 5.32 Å². The van der Waals surface area contributed by atoms with E-state index in [0.29, 0.717) is 22.8 Å². The Morgan fingerprint density at radius 3 is 2.36 bits per heavy atom. The number of pyridine rings is 1. The Labute approximate surface area is 141 Å². The largest absolute Gasteiger partial charge is 0.416 e. The molecule has 1 aliphatic rings. The predicted molar refractivity (Wildman–Crippen MR) is 90.7 cm³/mol. The summed E-state index contributed by atoms with van der Waals surface area (Å²) < 4.78 is 38.4. The molecule has 0 bridgehead atoms. The lowest BCUT2D eigenvalue weighted by Crippen LogP contribution is -2.08. The van der Waals surface area contributed by atoms with E-state index in [2.05, 4.69) is 15.3 Å². The minimum Gasteiger partial charge on any atom is -0.338 e. The van der Waals surface area contributed by atoms with E-state index >= 15 is 0 Å². The second-order valence-electron chi connectivity index (χ2n) is 5.58. The second kappa shape index (κ2) is 5.73.